The fourth-order valence-corrected chi connectivity index (χ4v) is 1.37. The van der Waals surface area contributed by atoms with Gasteiger partial charge in [-0.05, 0) is 6.07 Å². The maximum atomic E-state index is 5.06. The van der Waals surface area contributed by atoms with Crippen molar-refractivity contribution in [1.82, 2.24) is 9.97 Å². The van der Waals surface area contributed by atoms with Crippen LogP contribution in [-0.2, 0) is 11.3 Å². The molecule has 2 aromatic heterocycles. The second-order valence-corrected chi connectivity index (χ2v) is 3.26. The first kappa shape index (κ1) is 10.6. The Morgan fingerprint density at radius 2 is 2.31 bits per heavy atom. The number of rotatable bonds is 4. The van der Waals surface area contributed by atoms with Crippen LogP contribution >= 0.6 is 0 Å². The zero-order chi connectivity index (χ0) is 11.4. The Labute approximate surface area is 93.5 Å². The molecule has 0 atom stereocenters. The van der Waals surface area contributed by atoms with E-state index in [1.807, 2.05) is 19.2 Å². The molecule has 84 valence electrons. The van der Waals surface area contributed by atoms with Crippen LogP contribution in [0.15, 0.2) is 29.1 Å². The highest BCUT2D eigenvalue weighted by atomic mass is 16.5. The summed E-state index contributed by atoms with van der Waals surface area (Å²) in [6.45, 7) is 0.460. The molecule has 0 saturated heterocycles. The number of ether oxygens (including phenoxy) is 1. The van der Waals surface area contributed by atoms with Crippen molar-refractivity contribution in [2.75, 3.05) is 19.5 Å². The molecule has 1 N–H and O–H groups in total. The Kier molecular flexibility index (Phi) is 3.16. The summed E-state index contributed by atoms with van der Waals surface area (Å²) in [6.07, 6.45) is 3.21. The van der Waals surface area contributed by atoms with Crippen molar-refractivity contribution in [3.63, 3.8) is 0 Å². The second kappa shape index (κ2) is 4.76. The maximum absolute atomic E-state index is 5.06. The minimum Gasteiger partial charge on any atom is -0.472 e. The first-order chi connectivity index (χ1) is 7.83. The van der Waals surface area contributed by atoms with Crippen molar-refractivity contribution in [3.8, 4) is 11.4 Å². The lowest BCUT2D eigenvalue weighted by Crippen LogP contribution is -2.01. The quantitative estimate of drug-likeness (QED) is 0.851. The number of furan rings is 1. The summed E-state index contributed by atoms with van der Waals surface area (Å²) < 4.78 is 10.1. The zero-order valence-electron chi connectivity index (χ0n) is 9.23. The van der Waals surface area contributed by atoms with Gasteiger partial charge in [-0.1, -0.05) is 0 Å². The molecule has 2 heterocycles. The Hall–Kier alpha value is -1.88. The summed E-state index contributed by atoms with van der Waals surface area (Å²) in [5, 5.41) is 2.99. The van der Waals surface area contributed by atoms with Crippen LogP contribution < -0.4 is 5.32 Å². The molecule has 0 bridgehead atoms. The molecule has 0 fully saturated rings. The highest BCUT2D eigenvalue weighted by Gasteiger charge is 2.07. The Bertz CT molecular complexity index is 454. The number of hydrogen-bond donors (Lipinski definition) is 1. The normalized spacial score (nSPS) is 10.4. The molecule has 2 rings (SSSR count). The van der Waals surface area contributed by atoms with Gasteiger partial charge in [0.1, 0.15) is 12.1 Å². The highest BCUT2D eigenvalue weighted by molar-refractivity contribution is 5.55. The molecular formula is C11H13N3O2. The van der Waals surface area contributed by atoms with Gasteiger partial charge in [0, 0.05) is 20.2 Å². The smallest absolute Gasteiger partial charge is 0.165 e. The van der Waals surface area contributed by atoms with Gasteiger partial charge in [0.15, 0.2) is 5.82 Å². The number of hydrogen-bond acceptors (Lipinski definition) is 5. The summed E-state index contributed by atoms with van der Waals surface area (Å²) in [5.74, 6) is 1.39. The average molecular weight is 219 g/mol. The standard InChI is InChI=1S/C11H13N3O2/c1-12-10-5-9(7-15-2)13-11(14-10)8-3-4-16-6-8/h3-6H,7H2,1-2H3,(H,12,13,14). The van der Waals surface area contributed by atoms with Gasteiger partial charge in [-0.2, -0.15) is 0 Å². The SMILES string of the molecule is CNc1cc(COC)nc(-c2ccoc2)n1. The summed E-state index contributed by atoms with van der Waals surface area (Å²) in [5.41, 5.74) is 1.69. The van der Waals surface area contributed by atoms with Crippen LogP contribution in [0.5, 0.6) is 0 Å². The van der Waals surface area contributed by atoms with Gasteiger partial charge in [0.25, 0.3) is 0 Å². The van der Waals surface area contributed by atoms with Crippen molar-refractivity contribution >= 4 is 5.82 Å². The summed E-state index contributed by atoms with van der Waals surface area (Å²) in [4.78, 5) is 8.72. The van der Waals surface area contributed by atoms with Crippen molar-refractivity contribution in [1.29, 1.82) is 0 Å². The van der Waals surface area contributed by atoms with Gasteiger partial charge in [-0.15, -0.1) is 0 Å². The summed E-state index contributed by atoms with van der Waals surface area (Å²) >= 11 is 0. The Morgan fingerprint density at radius 1 is 1.44 bits per heavy atom. The molecule has 0 amide bonds. The summed E-state index contributed by atoms with van der Waals surface area (Å²) in [6, 6.07) is 3.68. The third-order valence-electron chi connectivity index (χ3n) is 2.11. The van der Waals surface area contributed by atoms with Crippen molar-refractivity contribution < 1.29 is 9.15 Å². The van der Waals surface area contributed by atoms with E-state index in [1.54, 1.807) is 19.6 Å². The van der Waals surface area contributed by atoms with E-state index in [1.165, 1.54) is 0 Å². The Balaban J connectivity index is 2.41. The molecule has 0 unspecified atom stereocenters. The van der Waals surface area contributed by atoms with Crippen molar-refractivity contribution in [3.05, 3.63) is 30.4 Å². The van der Waals surface area contributed by atoms with Crippen molar-refractivity contribution in [2.24, 2.45) is 0 Å². The van der Waals surface area contributed by atoms with Gasteiger partial charge in [0.2, 0.25) is 0 Å². The van der Waals surface area contributed by atoms with Crippen LogP contribution in [0, 0.1) is 0 Å². The van der Waals surface area contributed by atoms with Gasteiger partial charge in [0.05, 0.1) is 24.1 Å². The molecule has 0 radical (unpaired) electrons. The van der Waals surface area contributed by atoms with E-state index in [9.17, 15) is 0 Å². The topological polar surface area (TPSA) is 60.2 Å². The van der Waals surface area contributed by atoms with Crippen LogP contribution in [0.25, 0.3) is 11.4 Å². The zero-order valence-corrected chi connectivity index (χ0v) is 9.23. The van der Waals surface area contributed by atoms with Crippen molar-refractivity contribution in [2.45, 2.75) is 6.61 Å². The first-order valence-corrected chi connectivity index (χ1v) is 4.90. The van der Waals surface area contributed by atoms with Gasteiger partial charge < -0.3 is 14.5 Å². The van der Waals surface area contributed by atoms with E-state index in [4.69, 9.17) is 9.15 Å². The molecule has 16 heavy (non-hydrogen) atoms. The number of nitrogens with zero attached hydrogens (tertiary/aromatic N) is 2. The number of nitrogens with one attached hydrogen (secondary N) is 1. The van der Waals surface area contributed by atoms with E-state index >= 15 is 0 Å². The van der Waals surface area contributed by atoms with E-state index in [0.29, 0.717) is 12.4 Å². The van der Waals surface area contributed by atoms with Gasteiger partial charge in [-0.25, -0.2) is 9.97 Å². The largest absolute Gasteiger partial charge is 0.472 e. The van der Waals surface area contributed by atoms with Crippen LogP contribution in [0.3, 0.4) is 0 Å². The third-order valence-corrected chi connectivity index (χ3v) is 2.11. The molecule has 0 spiro atoms. The molecule has 0 aromatic carbocycles. The molecular weight excluding hydrogens is 206 g/mol. The lowest BCUT2D eigenvalue weighted by molar-refractivity contribution is 0.181. The molecule has 0 saturated carbocycles. The number of anilines is 1. The fourth-order valence-electron chi connectivity index (χ4n) is 1.37. The lowest BCUT2D eigenvalue weighted by atomic mass is 10.3. The first-order valence-electron chi connectivity index (χ1n) is 4.90. The lowest BCUT2D eigenvalue weighted by Gasteiger charge is -2.05. The minimum atomic E-state index is 0.460. The molecule has 2 aromatic rings. The third kappa shape index (κ3) is 2.20. The van der Waals surface area contributed by atoms with Gasteiger partial charge >= 0.3 is 0 Å². The highest BCUT2D eigenvalue weighted by Crippen LogP contribution is 2.18. The predicted octanol–water partition coefficient (Wildman–Crippen LogP) is 1.92. The van der Waals surface area contributed by atoms with Crippen LogP contribution in [0.4, 0.5) is 5.82 Å². The van der Waals surface area contributed by atoms with E-state index in [-0.39, 0.29) is 0 Å². The molecule has 5 nitrogen and oxygen atoms in total. The molecule has 0 aliphatic rings. The second-order valence-electron chi connectivity index (χ2n) is 3.26. The van der Waals surface area contributed by atoms with Crippen LogP contribution in [0.2, 0.25) is 0 Å². The average Bonchev–Trinajstić information content (AvgIpc) is 2.82. The van der Waals surface area contributed by atoms with E-state index < -0.39 is 0 Å². The fraction of sp³-hybridized carbons (Fsp3) is 0.273. The van der Waals surface area contributed by atoms with E-state index in [2.05, 4.69) is 15.3 Å². The molecule has 5 heteroatoms. The molecule has 0 aliphatic heterocycles. The predicted molar refractivity (Wildman–Crippen MR) is 60.0 cm³/mol. The number of aromatic nitrogens is 2. The Morgan fingerprint density at radius 3 is 2.94 bits per heavy atom. The van der Waals surface area contributed by atoms with E-state index in [0.717, 1.165) is 17.1 Å². The van der Waals surface area contributed by atoms with Crippen LogP contribution in [-0.4, -0.2) is 24.1 Å². The monoisotopic (exact) mass is 219 g/mol. The van der Waals surface area contributed by atoms with Gasteiger partial charge in [-0.3, -0.25) is 0 Å². The molecule has 0 aliphatic carbocycles. The minimum absolute atomic E-state index is 0.460. The number of methoxy groups -OCH3 is 1. The maximum Gasteiger partial charge on any atom is 0.165 e. The summed E-state index contributed by atoms with van der Waals surface area (Å²) in [7, 11) is 3.46. The van der Waals surface area contributed by atoms with Crippen LogP contribution in [0.1, 0.15) is 5.69 Å².